The molecule has 6 heteroatoms. The van der Waals surface area contributed by atoms with Crippen LogP contribution in [0, 0.1) is 0 Å². The smallest absolute Gasteiger partial charge is 0.410 e. The highest BCUT2D eigenvalue weighted by atomic mass is 16.6. The zero-order valence-electron chi connectivity index (χ0n) is 12.0. The van der Waals surface area contributed by atoms with Gasteiger partial charge in [0.25, 0.3) is 0 Å². The van der Waals surface area contributed by atoms with Crippen molar-refractivity contribution in [3.05, 3.63) is 0 Å². The Morgan fingerprint density at radius 3 is 2.42 bits per heavy atom. The molecule has 2 aliphatic rings. The van der Waals surface area contributed by atoms with Gasteiger partial charge in [-0.1, -0.05) is 0 Å². The van der Waals surface area contributed by atoms with Gasteiger partial charge < -0.3 is 19.6 Å². The standard InChI is InChI=1S/C13H22N2O4/c1-12(2,3)19-11(18)14-7-13(4,8-14)15-6-9(16)5-10(15)17/h9,16H,5-8H2,1-4H3. The van der Waals surface area contributed by atoms with Crippen LogP contribution in [0.1, 0.15) is 34.1 Å². The Morgan fingerprint density at radius 2 is 2.00 bits per heavy atom. The highest BCUT2D eigenvalue weighted by Gasteiger charge is 2.51. The second kappa shape index (κ2) is 4.37. The molecule has 2 amide bonds. The van der Waals surface area contributed by atoms with E-state index >= 15 is 0 Å². The van der Waals surface area contributed by atoms with Gasteiger partial charge in [0.05, 0.1) is 18.1 Å². The minimum Gasteiger partial charge on any atom is -0.444 e. The molecular weight excluding hydrogens is 248 g/mol. The van der Waals surface area contributed by atoms with Crippen molar-refractivity contribution >= 4 is 12.0 Å². The van der Waals surface area contributed by atoms with E-state index in [1.54, 1.807) is 9.80 Å². The first kappa shape index (κ1) is 14.1. The zero-order valence-corrected chi connectivity index (χ0v) is 12.0. The summed E-state index contributed by atoms with van der Waals surface area (Å²) in [6.45, 7) is 8.68. The molecule has 2 saturated heterocycles. The van der Waals surface area contributed by atoms with Crippen molar-refractivity contribution in [2.24, 2.45) is 0 Å². The zero-order chi connectivity index (χ0) is 14.4. The highest BCUT2D eigenvalue weighted by Crippen LogP contribution is 2.32. The van der Waals surface area contributed by atoms with E-state index in [1.807, 2.05) is 27.7 Å². The molecule has 1 unspecified atom stereocenters. The van der Waals surface area contributed by atoms with E-state index in [0.717, 1.165) is 0 Å². The number of hydrogen-bond donors (Lipinski definition) is 1. The number of ether oxygens (including phenoxy) is 1. The summed E-state index contributed by atoms with van der Waals surface area (Å²) in [7, 11) is 0. The summed E-state index contributed by atoms with van der Waals surface area (Å²) in [6, 6.07) is 0. The molecule has 2 rings (SSSR count). The third-order valence-corrected chi connectivity index (χ3v) is 3.47. The number of likely N-dealkylation sites (tertiary alicyclic amines) is 2. The van der Waals surface area contributed by atoms with Gasteiger partial charge in [-0.2, -0.15) is 0 Å². The van der Waals surface area contributed by atoms with Crippen molar-refractivity contribution in [3.63, 3.8) is 0 Å². The molecule has 19 heavy (non-hydrogen) atoms. The summed E-state index contributed by atoms with van der Waals surface area (Å²) in [6.07, 6.45) is -0.751. The monoisotopic (exact) mass is 270 g/mol. The van der Waals surface area contributed by atoms with E-state index in [4.69, 9.17) is 4.74 Å². The predicted molar refractivity (Wildman–Crippen MR) is 68.5 cm³/mol. The lowest BCUT2D eigenvalue weighted by atomic mass is 9.90. The maximum Gasteiger partial charge on any atom is 0.410 e. The first-order valence-electron chi connectivity index (χ1n) is 6.57. The Labute approximate surface area is 113 Å². The maximum absolute atomic E-state index is 11.8. The van der Waals surface area contributed by atoms with Crippen molar-refractivity contribution in [3.8, 4) is 0 Å². The fraction of sp³-hybridized carbons (Fsp3) is 0.846. The molecule has 2 aliphatic heterocycles. The lowest BCUT2D eigenvalue weighted by Crippen LogP contribution is -2.70. The Hall–Kier alpha value is -1.30. The van der Waals surface area contributed by atoms with Crippen LogP contribution in [0.5, 0.6) is 0 Å². The van der Waals surface area contributed by atoms with E-state index in [0.29, 0.717) is 19.6 Å². The molecule has 2 heterocycles. The molecule has 1 N–H and O–H groups in total. The molecule has 0 aromatic heterocycles. The van der Waals surface area contributed by atoms with Gasteiger partial charge in [-0.15, -0.1) is 0 Å². The van der Waals surface area contributed by atoms with Crippen molar-refractivity contribution < 1.29 is 19.4 Å². The minimum atomic E-state index is -0.583. The number of aliphatic hydroxyl groups is 1. The van der Waals surface area contributed by atoms with Gasteiger partial charge in [0.1, 0.15) is 5.60 Å². The van der Waals surface area contributed by atoms with Crippen LogP contribution in [0.4, 0.5) is 4.79 Å². The van der Waals surface area contributed by atoms with E-state index in [2.05, 4.69) is 0 Å². The van der Waals surface area contributed by atoms with Crippen LogP contribution in [0.3, 0.4) is 0 Å². The Bertz CT molecular complexity index is 396. The number of rotatable bonds is 1. The van der Waals surface area contributed by atoms with E-state index < -0.39 is 11.7 Å². The summed E-state index contributed by atoms with van der Waals surface area (Å²) in [5.41, 5.74) is -0.881. The minimum absolute atomic E-state index is 0.0427. The van der Waals surface area contributed by atoms with Gasteiger partial charge in [-0.3, -0.25) is 4.79 Å². The molecule has 0 aromatic rings. The van der Waals surface area contributed by atoms with Crippen LogP contribution in [0.2, 0.25) is 0 Å². The highest BCUT2D eigenvalue weighted by molar-refractivity contribution is 5.80. The summed E-state index contributed by atoms with van der Waals surface area (Å²) in [5, 5.41) is 9.51. The summed E-state index contributed by atoms with van der Waals surface area (Å²) in [5.74, 6) is -0.0427. The topological polar surface area (TPSA) is 70.1 Å². The molecule has 0 radical (unpaired) electrons. The van der Waals surface area contributed by atoms with Crippen LogP contribution in [-0.2, 0) is 9.53 Å². The lowest BCUT2D eigenvalue weighted by molar-refractivity contribution is -0.139. The molecule has 108 valence electrons. The quantitative estimate of drug-likeness (QED) is 0.757. The van der Waals surface area contributed by atoms with Crippen molar-refractivity contribution in [2.75, 3.05) is 19.6 Å². The fourth-order valence-electron chi connectivity index (χ4n) is 2.61. The molecule has 6 nitrogen and oxygen atoms in total. The Balaban J connectivity index is 1.91. The summed E-state index contributed by atoms with van der Waals surface area (Å²) in [4.78, 5) is 26.9. The number of β-amino-alcohol motifs (C(OH)–C–C–N with tert-alkyl or cyclic N) is 1. The normalized spacial score (nSPS) is 26.4. The van der Waals surface area contributed by atoms with Gasteiger partial charge in [-0.25, -0.2) is 4.79 Å². The van der Waals surface area contributed by atoms with Gasteiger partial charge >= 0.3 is 6.09 Å². The van der Waals surface area contributed by atoms with Crippen LogP contribution >= 0.6 is 0 Å². The van der Waals surface area contributed by atoms with E-state index in [9.17, 15) is 14.7 Å². The van der Waals surface area contributed by atoms with Gasteiger partial charge in [0.2, 0.25) is 5.91 Å². The molecule has 0 saturated carbocycles. The molecule has 0 aromatic carbocycles. The molecule has 0 aliphatic carbocycles. The Kier molecular flexibility index (Phi) is 3.24. The third-order valence-electron chi connectivity index (χ3n) is 3.47. The van der Waals surface area contributed by atoms with Crippen molar-refractivity contribution in [1.29, 1.82) is 0 Å². The van der Waals surface area contributed by atoms with E-state index in [1.165, 1.54) is 0 Å². The van der Waals surface area contributed by atoms with E-state index in [-0.39, 0.29) is 24.0 Å². The third kappa shape index (κ3) is 2.83. The largest absolute Gasteiger partial charge is 0.444 e. The summed E-state index contributed by atoms with van der Waals surface area (Å²) < 4.78 is 5.28. The average Bonchev–Trinajstić information content (AvgIpc) is 2.50. The molecule has 0 spiro atoms. The molecule has 1 atom stereocenters. The first-order valence-corrected chi connectivity index (χ1v) is 6.57. The molecule has 0 bridgehead atoms. The van der Waals surface area contributed by atoms with Gasteiger partial charge in [-0.05, 0) is 27.7 Å². The number of carbonyl (C=O) groups excluding carboxylic acids is 2. The Morgan fingerprint density at radius 1 is 1.42 bits per heavy atom. The predicted octanol–water partition coefficient (Wildman–Crippen LogP) is 0.589. The summed E-state index contributed by atoms with van der Waals surface area (Å²) >= 11 is 0. The number of carbonyl (C=O) groups is 2. The first-order chi connectivity index (χ1) is 8.61. The van der Waals surface area contributed by atoms with Crippen LogP contribution in [0.15, 0.2) is 0 Å². The van der Waals surface area contributed by atoms with Gasteiger partial charge in [0.15, 0.2) is 0 Å². The van der Waals surface area contributed by atoms with Crippen molar-refractivity contribution in [2.45, 2.75) is 51.4 Å². The maximum atomic E-state index is 11.8. The number of hydrogen-bond acceptors (Lipinski definition) is 4. The van der Waals surface area contributed by atoms with Crippen molar-refractivity contribution in [1.82, 2.24) is 9.80 Å². The molecular formula is C13H22N2O4. The number of nitrogens with zero attached hydrogens (tertiary/aromatic N) is 2. The SMILES string of the molecule is CC(C)(C)OC(=O)N1CC(C)(N2CC(O)CC2=O)C1. The van der Waals surface area contributed by atoms with Gasteiger partial charge in [0, 0.05) is 19.6 Å². The molecule has 2 fully saturated rings. The lowest BCUT2D eigenvalue weighted by Gasteiger charge is -2.52. The average molecular weight is 270 g/mol. The fourth-order valence-corrected chi connectivity index (χ4v) is 2.61. The van der Waals surface area contributed by atoms with Crippen LogP contribution < -0.4 is 0 Å². The second-order valence-corrected chi connectivity index (χ2v) is 6.70. The number of amides is 2. The second-order valence-electron chi connectivity index (χ2n) is 6.70. The van der Waals surface area contributed by atoms with Crippen LogP contribution in [0.25, 0.3) is 0 Å². The number of aliphatic hydroxyl groups excluding tert-OH is 1. The van der Waals surface area contributed by atoms with Crippen LogP contribution in [-0.4, -0.2) is 63.8 Å².